The zero-order chi connectivity index (χ0) is 31.2. The summed E-state index contributed by atoms with van der Waals surface area (Å²) in [6.07, 6.45) is 0. The lowest BCUT2D eigenvalue weighted by Crippen LogP contribution is -2.00. The summed E-state index contributed by atoms with van der Waals surface area (Å²) in [5, 5.41) is 5.67. The van der Waals surface area contributed by atoms with Gasteiger partial charge in [-0.3, -0.25) is 0 Å². The van der Waals surface area contributed by atoms with Crippen molar-refractivity contribution in [2.45, 2.75) is 0 Å². The maximum Gasteiger partial charge on any atom is 0.164 e. The molecule has 0 bridgehead atoms. The van der Waals surface area contributed by atoms with Crippen LogP contribution >= 0.6 is 11.3 Å². The molecule has 220 valence electrons. The van der Waals surface area contributed by atoms with Crippen LogP contribution in [0.1, 0.15) is 0 Å². The number of fused-ring (bicyclic) bond motifs is 4. The van der Waals surface area contributed by atoms with Crippen LogP contribution < -0.4 is 0 Å². The van der Waals surface area contributed by atoms with Crippen LogP contribution in [-0.4, -0.2) is 19.9 Å². The first-order chi connectivity index (χ1) is 23.3. The average Bonchev–Trinajstić information content (AvgIpc) is 3.60. The highest BCUT2D eigenvalue weighted by atomic mass is 32.1. The zero-order valence-electron chi connectivity index (χ0n) is 25.2. The fraction of sp³-hybridized carbons (Fsp3) is 0. The first kappa shape index (κ1) is 27.3. The number of hydrogen-bond acceptors (Lipinski definition) is 5. The van der Waals surface area contributed by atoms with E-state index in [1.54, 1.807) is 11.3 Å². The minimum Gasteiger partial charge on any atom is -0.236 e. The molecule has 2 heterocycles. The number of aromatic nitrogens is 4. The summed E-state index contributed by atoms with van der Waals surface area (Å²) < 4.78 is 1.20. The van der Waals surface area contributed by atoms with Gasteiger partial charge >= 0.3 is 0 Å². The van der Waals surface area contributed by atoms with Gasteiger partial charge in [0.25, 0.3) is 0 Å². The summed E-state index contributed by atoms with van der Waals surface area (Å²) in [5.74, 6) is 1.95. The highest BCUT2D eigenvalue weighted by Crippen LogP contribution is 2.40. The van der Waals surface area contributed by atoms with E-state index < -0.39 is 0 Å². The van der Waals surface area contributed by atoms with Gasteiger partial charge in [0.1, 0.15) is 5.01 Å². The van der Waals surface area contributed by atoms with Crippen LogP contribution in [0.4, 0.5) is 0 Å². The predicted octanol–water partition coefficient (Wildman–Crippen LogP) is 11.1. The van der Waals surface area contributed by atoms with Crippen molar-refractivity contribution in [1.29, 1.82) is 0 Å². The highest BCUT2D eigenvalue weighted by Gasteiger charge is 2.17. The topological polar surface area (TPSA) is 51.6 Å². The number of rotatable bonds is 5. The van der Waals surface area contributed by atoms with E-state index in [1.807, 2.05) is 66.7 Å². The number of nitrogens with zero attached hydrogens (tertiary/aromatic N) is 4. The number of hydrogen-bond donors (Lipinski definition) is 0. The third kappa shape index (κ3) is 4.94. The van der Waals surface area contributed by atoms with E-state index in [1.165, 1.54) is 15.5 Å². The molecule has 0 aliphatic heterocycles. The van der Waals surface area contributed by atoms with Gasteiger partial charge in [0, 0.05) is 33.0 Å². The second kappa shape index (κ2) is 11.4. The van der Waals surface area contributed by atoms with Crippen molar-refractivity contribution >= 4 is 43.1 Å². The van der Waals surface area contributed by atoms with Crippen LogP contribution in [0.25, 0.3) is 87.6 Å². The molecule has 0 amide bonds. The molecule has 0 spiro atoms. The lowest BCUT2D eigenvalue weighted by molar-refractivity contribution is 1.08. The van der Waals surface area contributed by atoms with Gasteiger partial charge in [0.2, 0.25) is 0 Å². The molecule has 4 nitrogen and oxygen atoms in total. The Labute approximate surface area is 275 Å². The zero-order valence-corrected chi connectivity index (χ0v) is 26.0. The molecule has 0 atom stereocenters. The van der Waals surface area contributed by atoms with Crippen molar-refractivity contribution < 1.29 is 0 Å². The van der Waals surface area contributed by atoms with Crippen LogP contribution in [-0.2, 0) is 0 Å². The molecule has 0 aliphatic rings. The van der Waals surface area contributed by atoms with Crippen molar-refractivity contribution in [2.24, 2.45) is 0 Å². The first-order valence-electron chi connectivity index (χ1n) is 15.6. The molecule has 0 saturated carbocycles. The second-order valence-electron chi connectivity index (χ2n) is 11.5. The van der Waals surface area contributed by atoms with Gasteiger partial charge in [-0.1, -0.05) is 146 Å². The van der Waals surface area contributed by atoms with E-state index in [4.69, 9.17) is 19.9 Å². The third-order valence-electron chi connectivity index (χ3n) is 8.55. The Morgan fingerprint density at radius 1 is 0.383 bits per heavy atom. The Kier molecular flexibility index (Phi) is 6.61. The van der Waals surface area contributed by atoms with Crippen LogP contribution in [0.15, 0.2) is 158 Å². The van der Waals surface area contributed by atoms with E-state index in [9.17, 15) is 0 Å². The summed E-state index contributed by atoms with van der Waals surface area (Å²) >= 11 is 1.75. The van der Waals surface area contributed by atoms with Gasteiger partial charge in [-0.15, -0.1) is 11.3 Å². The SMILES string of the molecule is c1ccc(-c2nc(-c3ccccc3)nc(-c3cccc4cccc(-c5ccc6ccc7nc(-c8ccccc8)sc7c6c5)c34)n2)cc1. The summed E-state index contributed by atoms with van der Waals surface area (Å²) in [5.41, 5.74) is 7.30. The van der Waals surface area contributed by atoms with Crippen LogP contribution in [0, 0.1) is 0 Å². The molecule has 0 radical (unpaired) electrons. The molecule has 2 aromatic heterocycles. The maximum atomic E-state index is 5.08. The Hall–Kier alpha value is -6.04. The van der Waals surface area contributed by atoms with E-state index in [0.717, 1.165) is 54.7 Å². The lowest BCUT2D eigenvalue weighted by atomic mass is 9.93. The van der Waals surface area contributed by atoms with Crippen molar-refractivity contribution in [3.05, 3.63) is 158 Å². The van der Waals surface area contributed by atoms with E-state index in [-0.39, 0.29) is 0 Å². The van der Waals surface area contributed by atoms with Crippen molar-refractivity contribution in [1.82, 2.24) is 19.9 Å². The number of benzene rings is 7. The molecule has 0 saturated heterocycles. The van der Waals surface area contributed by atoms with Gasteiger partial charge in [-0.25, -0.2) is 19.9 Å². The normalized spacial score (nSPS) is 11.4. The first-order valence-corrected chi connectivity index (χ1v) is 16.4. The van der Waals surface area contributed by atoms with Crippen molar-refractivity contribution in [3.8, 4) is 55.9 Å². The van der Waals surface area contributed by atoms with Crippen molar-refractivity contribution in [2.75, 3.05) is 0 Å². The molecule has 0 N–H and O–H groups in total. The van der Waals surface area contributed by atoms with Crippen LogP contribution in [0.2, 0.25) is 0 Å². The fourth-order valence-electron chi connectivity index (χ4n) is 6.27. The molecule has 0 fully saturated rings. The van der Waals surface area contributed by atoms with Gasteiger partial charge < -0.3 is 0 Å². The quantitative estimate of drug-likeness (QED) is 0.193. The summed E-state index contributed by atoms with van der Waals surface area (Å²) in [4.78, 5) is 20.1. The second-order valence-corrected chi connectivity index (χ2v) is 12.5. The Morgan fingerprint density at radius 2 is 0.957 bits per heavy atom. The minimum atomic E-state index is 0.647. The third-order valence-corrected chi connectivity index (χ3v) is 9.70. The highest BCUT2D eigenvalue weighted by molar-refractivity contribution is 7.22. The predicted molar refractivity (Wildman–Crippen MR) is 195 cm³/mol. The summed E-state index contributed by atoms with van der Waals surface area (Å²) in [6.45, 7) is 0. The monoisotopic (exact) mass is 618 g/mol. The average molecular weight is 619 g/mol. The summed E-state index contributed by atoms with van der Waals surface area (Å²) in [6, 6.07) is 54.6. The van der Waals surface area contributed by atoms with Crippen LogP contribution in [0.3, 0.4) is 0 Å². The fourth-order valence-corrected chi connectivity index (χ4v) is 7.37. The Bertz CT molecular complexity index is 2500. The van der Waals surface area contributed by atoms with Gasteiger partial charge in [-0.2, -0.15) is 0 Å². The molecular weight excluding hydrogens is 593 g/mol. The smallest absolute Gasteiger partial charge is 0.164 e. The standard InChI is InChI=1S/C42H26N4S/c1-4-12-29(13-5-1)39-44-40(30-14-6-2-7-15-30)46-41(45-39)34-21-11-19-28-18-10-20-33(37(28)34)32-23-22-27-24-25-36-38(35(27)26-32)47-42(43-36)31-16-8-3-9-17-31/h1-26H. The Morgan fingerprint density at radius 3 is 1.62 bits per heavy atom. The molecule has 9 rings (SSSR count). The minimum absolute atomic E-state index is 0.647. The largest absolute Gasteiger partial charge is 0.236 e. The van der Waals surface area contributed by atoms with E-state index >= 15 is 0 Å². The Balaban J connectivity index is 1.26. The lowest BCUT2D eigenvalue weighted by Gasteiger charge is -2.14. The van der Waals surface area contributed by atoms with Gasteiger partial charge in [0.15, 0.2) is 17.5 Å². The molecule has 0 aliphatic carbocycles. The number of thiazole rings is 1. The van der Waals surface area contributed by atoms with Crippen molar-refractivity contribution in [3.63, 3.8) is 0 Å². The summed E-state index contributed by atoms with van der Waals surface area (Å²) in [7, 11) is 0. The van der Waals surface area contributed by atoms with Gasteiger partial charge in [0.05, 0.1) is 10.2 Å². The van der Waals surface area contributed by atoms with E-state index in [0.29, 0.717) is 17.5 Å². The molecule has 47 heavy (non-hydrogen) atoms. The molecule has 5 heteroatoms. The van der Waals surface area contributed by atoms with E-state index in [2.05, 4.69) is 91.0 Å². The van der Waals surface area contributed by atoms with Crippen LogP contribution in [0.5, 0.6) is 0 Å². The molecule has 7 aromatic carbocycles. The molecule has 0 unspecified atom stereocenters. The molecular formula is C42H26N4S. The van der Waals surface area contributed by atoms with Gasteiger partial charge in [-0.05, 0) is 34.0 Å². The molecule has 9 aromatic rings. The maximum absolute atomic E-state index is 5.08.